The van der Waals surface area contributed by atoms with Crippen molar-refractivity contribution in [3.63, 3.8) is 0 Å². The van der Waals surface area contributed by atoms with E-state index in [0.29, 0.717) is 13.0 Å². The number of halogens is 1. The number of nitrogens with one attached hydrogen (secondary N) is 1. The number of hydrogen-bond donors (Lipinski definition) is 2. The van der Waals surface area contributed by atoms with E-state index in [1.54, 1.807) is 6.20 Å². The molecule has 0 spiro atoms. The van der Waals surface area contributed by atoms with Gasteiger partial charge in [0.25, 0.3) is 0 Å². The molecule has 1 aromatic rings. The summed E-state index contributed by atoms with van der Waals surface area (Å²) in [7, 11) is 0. The number of pyridine rings is 1. The lowest BCUT2D eigenvalue weighted by molar-refractivity contribution is 0.509. The summed E-state index contributed by atoms with van der Waals surface area (Å²) in [4.78, 5) is 4.33. The second-order valence-corrected chi connectivity index (χ2v) is 7.94. The summed E-state index contributed by atoms with van der Waals surface area (Å²) in [5.74, 6) is 0. The smallest absolute Gasteiger partial charge is 0.136 e. The van der Waals surface area contributed by atoms with Crippen LogP contribution in [0, 0.1) is 0 Å². The molecule has 2 atom stereocenters. The highest BCUT2D eigenvalue weighted by atomic mass is 79.9. The fourth-order valence-electron chi connectivity index (χ4n) is 1.33. The van der Waals surface area contributed by atoms with Gasteiger partial charge in [-0.1, -0.05) is 0 Å². The van der Waals surface area contributed by atoms with Crippen molar-refractivity contribution in [2.75, 3.05) is 6.54 Å². The second-order valence-electron chi connectivity index (χ2n) is 5.03. The molecule has 2 unspecified atom stereocenters. The van der Waals surface area contributed by atoms with Gasteiger partial charge in [-0.15, -0.1) is 4.72 Å². The zero-order valence-electron chi connectivity index (χ0n) is 10.9. The van der Waals surface area contributed by atoms with Crippen molar-refractivity contribution < 1.29 is 4.55 Å². The highest BCUT2D eigenvalue weighted by molar-refractivity contribution is 9.10. The molecular weight excluding hydrogens is 314 g/mol. The maximum Gasteiger partial charge on any atom is 0.136 e. The number of nitrogens with zero attached hydrogens (tertiary/aromatic N) is 1. The molecule has 0 bridgehead atoms. The van der Waals surface area contributed by atoms with Gasteiger partial charge in [-0.25, -0.2) is 0 Å². The molecule has 0 saturated carbocycles. The van der Waals surface area contributed by atoms with Gasteiger partial charge in [0.2, 0.25) is 0 Å². The first-order valence-corrected chi connectivity index (χ1v) is 7.78. The van der Waals surface area contributed by atoms with E-state index in [-0.39, 0.29) is 10.8 Å². The zero-order valence-corrected chi connectivity index (χ0v) is 13.3. The minimum Gasteiger partial charge on any atom is -0.598 e. The van der Waals surface area contributed by atoms with E-state index in [4.69, 9.17) is 5.73 Å². The number of aromatic nitrogens is 1. The van der Waals surface area contributed by atoms with E-state index in [9.17, 15) is 4.55 Å². The molecule has 0 aromatic carbocycles. The highest BCUT2D eigenvalue weighted by Crippen LogP contribution is 2.21. The Labute approximate surface area is 120 Å². The van der Waals surface area contributed by atoms with Crippen LogP contribution in [0.1, 0.15) is 38.9 Å². The van der Waals surface area contributed by atoms with Gasteiger partial charge < -0.3 is 10.3 Å². The summed E-state index contributed by atoms with van der Waals surface area (Å²) in [6.45, 7) is 6.33. The van der Waals surface area contributed by atoms with Crippen LogP contribution in [0.15, 0.2) is 22.8 Å². The minimum atomic E-state index is -1.13. The molecule has 0 radical (unpaired) electrons. The third-order valence-corrected chi connectivity index (χ3v) is 4.45. The third-order valence-electron chi connectivity index (χ3n) is 2.37. The molecule has 0 saturated heterocycles. The van der Waals surface area contributed by atoms with E-state index < -0.39 is 11.4 Å². The quantitative estimate of drug-likeness (QED) is 0.810. The normalized spacial score (nSPS) is 15.4. The van der Waals surface area contributed by atoms with Gasteiger partial charge in [-0.3, -0.25) is 4.98 Å². The van der Waals surface area contributed by atoms with E-state index in [2.05, 4.69) is 25.6 Å². The molecule has 0 fully saturated rings. The summed E-state index contributed by atoms with van der Waals surface area (Å²) in [5.41, 5.74) is 6.47. The molecule has 0 aliphatic heterocycles. The molecule has 6 heteroatoms. The Morgan fingerprint density at radius 1 is 1.50 bits per heavy atom. The van der Waals surface area contributed by atoms with E-state index in [0.717, 1.165) is 10.2 Å². The maximum absolute atomic E-state index is 12.1. The van der Waals surface area contributed by atoms with Crippen LogP contribution in [0.4, 0.5) is 0 Å². The molecule has 1 rings (SSSR count). The average molecular weight is 334 g/mol. The Kier molecular flexibility index (Phi) is 6.07. The Balaban J connectivity index is 2.80. The molecule has 0 aliphatic carbocycles. The first kappa shape index (κ1) is 15.9. The molecule has 3 N–H and O–H groups in total. The first-order chi connectivity index (χ1) is 8.34. The molecular formula is C12H20BrN3OS. The van der Waals surface area contributed by atoms with Gasteiger partial charge in [0.05, 0.1) is 11.7 Å². The SMILES string of the molecule is CC(C)(C)[S+]([O-])NC(CCN)c1ccc(Br)cn1. The molecule has 1 heterocycles. The molecule has 102 valence electrons. The molecule has 1 aromatic heterocycles. The van der Waals surface area contributed by atoms with Crippen LogP contribution in [0.25, 0.3) is 0 Å². The average Bonchev–Trinajstić information content (AvgIpc) is 2.28. The lowest BCUT2D eigenvalue weighted by atomic mass is 10.1. The first-order valence-electron chi connectivity index (χ1n) is 5.84. The minimum absolute atomic E-state index is 0.0804. The second kappa shape index (κ2) is 6.86. The predicted octanol–water partition coefficient (Wildman–Crippen LogP) is 2.29. The van der Waals surface area contributed by atoms with E-state index in [1.165, 1.54) is 0 Å². The van der Waals surface area contributed by atoms with Crippen LogP contribution in [0.3, 0.4) is 0 Å². The van der Waals surface area contributed by atoms with Crippen LogP contribution >= 0.6 is 15.9 Å². The van der Waals surface area contributed by atoms with Crippen LogP contribution < -0.4 is 10.5 Å². The van der Waals surface area contributed by atoms with Gasteiger partial charge in [0, 0.05) is 22.0 Å². The van der Waals surface area contributed by atoms with Crippen molar-refractivity contribution in [3.8, 4) is 0 Å². The van der Waals surface area contributed by atoms with Gasteiger partial charge in [0.15, 0.2) is 0 Å². The van der Waals surface area contributed by atoms with Gasteiger partial charge in [0.1, 0.15) is 4.75 Å². The van der Waals surface area contributed by atoms with Crippen molar-refractivity contribution in [1.82, 2.24) is 9.71 Å². The van der Waals surface area contributed by atoms with Crippen molar-refractivity contribution in [3.05, 3.63) is 28.5 Å². The fourth-order valence-corrected chi connectivity index (χ4v) is 2.42. The molecule has 4 nitrogen and oxygen atoms in total. The van der Waals surface area contributed by atoms with E-state index >= 15 is 0 Å². The molecule has 0 amide bonds. The van der Waals surface area contributed by atoms with Gasteiger partial charge in [-0.2, -0.15) is 0 Å². The van der Waals surface area contributed by atoms with E-state index in [1.807, 2.05) is 32.9 Å². The van der Waals surface area contributed by atoms with Crippen molar-refractivity contribution in [2.24, 2.45) is 5.73 Å². The third kappa shape index (κ3) is 4.85. The largest absolute Gasteiger partial charge is 0.598 e. The number of nitrogens with two attached hydrogens (primary N) is 1. The van der Waals surface area contributed by atoms with Gasteiger partial charge in [-0.05, 0) is 61.8 Å². The monoisotopic (exact) mass is 333 g/mol. The molecule has 0 aliphatic rings. The Morgan fingerprint density at radius 2 is 2.17 bits per heavy atom. The summed E-state index contributed by atoms with van der Waals surface area (Å²) in [5, 5.41) is 0. The number of rotatable bonds is 5. The predicted molar refractivity (Wildman–Crippen MR) is 79.4 cm³/mol. The molecule has 18 heavy (non-hydrogen) atoms. The highest BCUT2D eigenvalue weighted by Gasteiger charge is 2.29. The van der Waals surface area contributed by atoms with Crippen molar-refractivity contribution in [1.29, 1.82) is 0 Å². The summed E-state index contributed by atoms with van der Waals surface area (Å²) < 4.78 is 15.8. The summed E-state index contributed by atoms with van der Waals surface area (Å²) in [6.07, 6.45) is 2.44. The summed E-state index contributed by atoms with van der Waals surface area (Å²) in [6, 6.07) is 3.76. The summed E-state index contributed by atoms with van der Waals surface area (Å²) >= 11 is 2.22. The standard InChI is InChI=1S/C12H20BrN3OS/c1-12(2,3)18(17)16-11(6-7-14)10-5-4-9(13)8-15-10/h4-5,8,11,16H,6-7,14H2,1-3H3. The van der Waals surface area contributed by atoms with Crippen LogP contribution in [-0.2, 0) is 11.4 Å². The van der Waals surface area contributed by atoms with Crippen molar-refractivity contribution >= 4 is 27.3 Å². The topological polar surface area (TPSA) is 74.0 Å². The maximum atomic E-state index is 12.1. The lowest BCUT2D eigenvalue weighted by Crippen LogP contribution is -2.42. The Hall–Kier alpha value is -0.140. The van der Waals surface area contributed by atoms with Crippen LogP contribution in [0.2, 0.25) is 0 Å². The fraction of sp³-hybridized carbons (Fsp3) is 0.583. The zero-order chi connectivity index (χ0) is 13.8. The van der Waals surface area contributed by atoms with Crippen molar-refractivity contribution in [2.45, 2.75) is 38.0 Å². The lowest BCUT2D eigenvalue weighted by Gasteiger charge is -2.27. The van der Waals surface area contributed by atoms with Crippen LogP contribution in [0.5, 0.6) is 0 Å². The van der Waals surface area contributed by atoms with Crippen LogP contribution in [-0.4, -0.2) is 20.8 Å². The number of hydrogen-bond acceptors (Lipinski definition) is 4. The van der Waals surface area contributed by atoms with Gasteiger partial charge >= 0.3 is 0 Å². The Bertz CT molecular complexity index is 367. The Morgan fingerprint density at radius 3 is 2.61 bits per heavy atom.